The Labute approximate surface area is 149 Å². The lowest BCUT2D eigenvalue weighted by Gasteiger charge is -2.16. The van der Waals surface area contributed by atoms with Crippen molar-refractivity contribution in [1.29, 1.82) is 0 Å². The van der Waals surface area contributed by atoms with Gasteiger partial charge in [-0.1, -0.05) is 34.1 Å². The number of ether oxygens (including phenoxy) is 2. The monoisotopic (exact) mass is 391 g/mol. The Morgan fingerprint density at radius 1 is 1.25 bits per heavy atom. The van der Waals surface area contributed by atoms with E-state index in [1.54, 1.807) is 18.2 Å². The van der Waals surface area contributed by atoms with Crippen molar-refractivity contribution in [2.24, 2.45) is 0 Å². The molecule has 0 unspecified atom stereocenters. The smallest absolute Gasteiger partial charge is 0.258 e. The number of aldehydes is 1. The van der Waals surface area contributed by atoms with Crippen molar-refractivity contribution in [2.75, 3.05) is 13.7 Å². The van der Waals surface area contributed by atoms with Crippen LogP contribution in [0.5, 0.6) is 11.5 Å². The van der Waals surface area contributed by atoms with Crippen LogP contribution in [0.3, 0.4) is 0 Å². The van der Waals surface area contributed by atoms with Crippen molar-refractivity contribution >= 4 is 28.1 Å². The molecule has 0 aliphatic rings. The number of nitrogens with one attached hydrogen (secondary N) is 1. The third kappa shape index (κ3) is 4.58. The van der Waals surface area contributed by atoms with Crippen LogP contribution >= 0.6 is 15.9 Å². The second-order valence-corrected chi connectivity index (χ2v) is 5.98. The quantitative estimate of drug-likeness (QED) is 0.733. The molecule has 0 saturated heterocycles. The molecule has 0 saturated carbocycles. The summed E-state index contributed by atoms with van der Waals surface area (Å²) in [6, 6.07) is 12.3. The van der Waals surface area contributed by atoms with Gasteiger partial charge in [-0.2, -0.15) is 0 Å². The maximum atomic E-state index is 12.1. The van der Waals surface area contributed by atoms with Gasteiger partial charge < -0.3 is 14.8 Å². The molecule has 0 spiro atoms. The Morgan fingerprint density at radius 2 is 2.00 bits per heavy atom. The summed E-state index contributed by atoms with van der Waals surface area (Å²) in [6.07, 6.45) is 0.721. The predicted octanol–water partition coefficient (Wildman–Crippen LogP) is 3.53. The van der Waals surface area contributed by atoms with E-state index in [9.17, 15) is 9.59 Å². The lowest BCUT2D eigenvalue weighted by atomic mass is 10.1. The molecule has 6 heteroatoms. The van der Waals surface area contributed by atoms with Gasteiger partial charge in [0.2, 0.25) is 0 Å². The number of halogens is 1. The second-order valence-electron chi connectivity index (χ2n) is 5.13. The molecule has 0 aliphatic carbocycles. The third-order valence-electron chi connectivity index (χ3n) is 3.43. The predicted molar refractivity (Wildman–Crippen MR) is 94.6 cm³/mol. The van der Waals surface area contributed by atoms with E-state index in [0.717, 1.165) is 16.3 Å². The fourth-order valence-corrected chi connectivity index (χ4v) is 2.84. The molecule has 0 radical (unpaired) electrons. The first-order valence-electron chi connectivity index (χ1n) is 7.35. The number of hydrogen-bond donors (Lipinski definition) is 1. The maximum Gasteiger partial charge on any atom is 0.258 e. The Hall–Kier alpha value is -2.34. The molecule has 24 heavy (non-hydrogen) atoms. The molecular formula is C18H18BrNO4. The van der Waals surface area contributed by atoms with E-state index < -0.39 is 0 Å². The summed E-state index contributed by atoms with van der Waals surface area (Å²) in [7, 11) is 1.48. The molecular weight excluding hydrogens is 374 g/mol. The van der Waals surface area contributed by atoms with E-state index in [-0.39, 0.29) is 18.6 Å². The molecule has 2 aromatic carbocycles. The molecule has 126 valence electrons. The molecule has 0 aliphatic heterocycles. The fourth-order valence-electron chi connectivity index (χ4n) is 2.21. The van der Waals surface area contributed by atoms with E-state index >= 15 is 0 Å². The first-order valence-corrected chi connectivity index (χ1v) is 8.14. The summed E-state index contributed by atoms with van der Waals surface area (Å²) in [5.74, 6) is 0.567. The molecule has 1 N–H and O–H groups in total. The highest BCUT2D eigenvalue weighted by Gasteiger charge is 2.13. The number of amides is 1. The van der Waals surface area contributed by atoms with Crippen molar-refractivity contribution in [3.63, 3.8) is 0 Å². The van der Waals surface area contributed by atoms with Crippen molar-refractivity contribution in [3.8, 4) is 11.5 Å². The molecule has 1 amide bonds. The standard InChI is InChI=1S/C18H18BrNO4/c1-12(14-5-3-4-6-15(14)19)20-18(22)11-24-16-8-7-13(10-21)9-17(16)23-2/h3-10,12H,11H2,1-2H3,(H,20,22)/t12-/m0/s1. The number of methoxy groups -OCH3 is 1. The highest BCUT2D eigenvalue weighted by atomic mass is 79.9. The molecule has 0 bridgehead atoms. The summed E-state index contributed by atoms with van der Waals surface area (Å²) in [6.45, 7) is 1.75. The van der Waals surface area contributed by atoms with Crippen LogP contribution in [0, 0.1) is 0 Å². The Morgan fingerprint density at radius 3 is 2.67 bits per heavy atom. The van der Waals surface area contributed by atoms with Crippen molar-refractivity contribution < 1.29 is 19.1 Å². The summed E-state index contributed by atoms with van der Waals surface area (Å²) in [4.78, 5) is 22.9. The van der Waals surface area contributed by atoms with Gasteiger partial charge in [0.25, 0.3) is 5.91 Å². The highest BCUT2D eigenvalue weighted by Crippen LogP contribution is 2.27. The minimum atomic E-state index is -0.250. The number of carbonyl (C=O) groups is 2. The normalized spacial score (nSPS) is 11.5. The summed E-state index contributed by atoms with van der Waals surface area (Å²) < 4.78 is 11.6. The van der Waals surface area contributed by atoms with E-state index in [1.807, 2.05) is 31.2 Å². The highest BCUT2D eigenvalue weighted by molar-refractivity contribution is 9.10. The fraction of sp³-hybridized carbons (Fsp3) is 0.222. The first-order chi connectivity index (χ1) is 11.5. The third-order valence-corrected chi connectivity index (χ3v) is 4.15. The van der Waals surface area contributed by atoms with Crippen LogP contribution < -0.4 is 14.8 Å². The maximum absolute atomic E-state index is 12.1. The summed E-state index contributed by atoms with van der Waals surface area (Å²) in [5.41, 5.74) is 1.46. The topological polar surface area (TPSA) is 64.6 Å². The summed E-state index contributed by atoms with van der Waals surface area (Å²) in [5, 5.41) is 2.88. The van der Waals surface area contributed by atoms with Gasteiger partial charge >= 0.3 is 0 Å². The van der Waals surface area contributed by atoms with Gasteiger partial charge in [-0.3, -0.25) is 9.59 Å². The van der Waals surface area contributed by atoms with Crippen LogP contribution in [0.15, 0.2) is 46.9 Å². The average Bonchev–Trinajstić information content (AvgIpc) is 2.60. The minimum Gasteiger partial charge on any atom is -0.493 e. The van der Waals surface area contributed by atoms with Gasteiger partial charge in [-0.15, -0.1) is 0 Å². The number of rotatable bonds is 7. The van der Waals surface area contributed by atoms with E-state index in [1.165, 1.54) is 7.11 Å². The zero-order valence-electron chi connectivity index (χ0n) is 13.4. The number of carbonyl (C=O) groups excluding carboxylic acids is 2. The molecule has 2 aromatic rings. The van der Waals surface area contributed by atoms with Gasteiger partial charge in [-0.05, 0) is 36.8 Å². The zero-order chi connectivity index (χ0) is 17.5. The molecule has 0 aromatic heterocycles. The molecule has 0 fully saturated rings. The molecule has 0 heterocycles. The SMILES string of the molecule is COc1cc(C=O)ccc1OCC(=O)N[C@@H](C)c1ccccc1Br. The minimum absolute atomic E-state index is 0.147. The van der Waals surface area contributed by atoms with Crippen LogP contribution in [0.4, 0.5) is 0 Å². The van der Waals surface area contributed by atoms with E-state index in [2.05, 4.69) is 21.2 Å². The van der Waals surface area contributed by atoms with Crippen molar-refractivity contribution in [1.82, 2.24) is 5.32 Å². The van der Waals surface area contributed by atoms with E-state index in [4.69, 9.17) is 9.47 Å². The number of hydrogen-bond acceptors (Lipinski definition) is 4. The van der Waals surface area contributed by atoms with Crippen LogP contribution in [-0.4, -0.2) is 25.9 Å². The van der Waals surface area contributed by atoms with Gasteiger partial charge in [0.05, 0.1) is 13.2 Å². The van der Waals surface area contributed by atoms with Crippen LogP contribution in [-0.2, 0) is 4.79 Å². The van der Waals surface area contributed by atoms with Crippen LogP contribution in [0.2, 0.25) is 0 Å². The molecule has 5 nitrogen and oxygen atoms in total. The van der Waals surface area contributed by atoms with E-state index in [0.29, 0.717) is 17.1 Å². The van der Waals surface area contributed by atoms with Gasteiger partial charge in [0.15, 0.2) is 18.1 Å². The molecule has 2 rings (SSSR count). The van der Waals surface area contributed by atoms with Crippen LogP contribution in [0.25, 0.3) is 0 Å². The second kappa shape index (κ2) is 8.49. The van der Waals surface area contributed by atoms with Gasteiger partial charge in [0.1, 0.15) is 6.29 Å². The van der Waals surface area contributed by atoms with Gasteiger partial charge in [-0.25, -0.2) is 0 Å². The molecule has 1 atom stereocenters. The van der Waals surface area contributed by atoms with Crippen molar-refractivity contribution in [3.05, 3.63) is 58.1 Å². The van der Waals surface area contributed by atoms with Crippen LogP contribution in [0.1, 0.15) is 28.9 Å². The zero-order valence-corrected chi connectivity index (χ0v) is 15.0. The largest absolute Gasteiger partial charge is 0.493 e. The first kappa shape index (κ1) is 18.0. The lowest BCUT2D eigenvalue weighted by Crippen LogP contribution is -2.31. The Kier molecular flexibility index (Phi) is 6.37. The number of benzene rings is 2. The Balaban J connectivity index is 1.96. The van der Waals surface area contributed by atoms with Gasteiger partial charge in [0, 0.05) is 10.0 Å². The Bertz CT molecular complexity index is 733. The summed E-state index contributed by atoms with van der Waals surface area (Å²) >= 11 is 3.47. The lowest BCUT2D eigenvalue weighted by molar-refractivity contribution is -0.123. The van der Waals surface area contributed by atoms with Crippen molar-refractivity contribution in [2.45, 2.75) is 13.0 Å². The average molecular weight is 392 g/mol.